The van der Waals surface area contributed by atoms with E-state index in [0.717, 1.165) is 36.1 Å². The Kier molecular flexibility index (Phi) is 13.7. The monoisotopic (exact) mass is 654 g/mol. The van der Waals surface area contributed by atoms with Crippen molar-refractivity contribution in [3.63, 3.8) is 0 Å². The first-order chi connectivity index (χ1) is 22.6. The number of phenols is 2. The number of aromatic hydroxyl groups is 2. The average molecular weight is 655 g/mol. The van der Waals surface area contributed by atoms with E-state index >= 15 is 0 Å². The minimum absolute atomic E-state index is 0.0203. The van der Waals surface area contributed by atoms with E-state index < -0.39 is 18.3 Å². The summed E-state index contributed by atoms with van der Waals surface area (Å²) >= 11 is 0. The lowest BCUT2D eigenvalue weighted by atomic mass is 9.93. The third-order valence-electron chi connectivity index (χ3n) is 8.14. The van der Waals surface area contributed by atoms with Crippen LogP contribution in [0.1, 0.15) is 62.3 Å². The van der Waals surface area contributed by atoms with Crippen LogP contribution >= 0.6 is 0 Å². The van der Waals surface area contributed by atoms with Crippen LogP contribution in [-0.4, -0.2) is 83.3 Å². The van der Waals surface area contributed by atoms with Crippen molar-refractivity contribution in [2.75, 3.05) is 39.3 Å². The first-order valence-electron chi connectivity index (χ1n) is 16.3. The number of rotatable bonds is 18. The average Bonchev–Trinajstić information content (AvgIpc) is 3.04. The molecule has 47 heavy (non-hydrogen) atoms. The summed E-state index contributed by atoms with van der Waals surface area (Å²) in [6.45, 7) is 5.32. The molecule has 12 heteroatoms. The SMILES string of the molecule is CCNC(CCc1ccnc(N)c1)COc1cc(C2CC(O)CC(CCc3ccc(O)c(OCNCC(C)O)c3)O2)cc(OC)c1O. The van der Waals surface area contributed by atoms with E-state index in [0.29, 0.717) is 50.4 Å². The lowest BCUT2D eigenvalue weighted by Gasteiger charge is -2.34. The predicted molar refractivity (Wildman–Crippen MR) is 179 cm³/mol. The molecule has 0 bridgehead atoms. The number of nitrogen functional groups attached to an aromatic ring is 1. The van der Waals surface area contributed by atoms with Gasteiger partial charge in [0, 0.05) is 25.2 Å². The Morgan fingerprint density at radius 1 is 1.02 bits per heavy atom. The number of methoxy groups -OCH3 is 1. The van der Waals surface area contributed by atoms with Crippen LogP contribution in [0, 0.1) is 0 Å². The quantitative estimate of drug-likeness (QED) is 0.0784. The molecule has 1 saturated heterocycles. The number of pyridine rings is 1. The molecule has 258 valence electrons. The molecule has 4 rings (SSSR count). The molecule has 5 atom stereocenters. The first-order valence-corrected chi connectivity index (χ1v) is 16.3. The molecule has 1 aliphatic heterocycles. The highest BCUT2D eigenvalue weighted by Gasteiger charge is 2.31. The number of hydrogen-bond acceptors (Lipinski definition) is 12. The van der Waals surface area contributed by atoms with Crippen molar-refractivity contribution in [1.82, 2.24) is 15.6 Å². The van der Waals surface area contributed by atoms with Crippen LogP contribution in [0.4, 0.5) is 5.82 Å². The zero-order chi connectivity index (χ0) is 33.8. The maximum absolute atomic E-state index is 10.9. The number of aliphatic hydroxyl groups excluding tert-OH is 2. The molecule has 8 N–H and O–H groups in total. The zero-order valence-corrected chi connectivity index (χ0v) is 27.5. The van der Waals surface area contributed by atoms with Gasteiger partial charge in [0.2, 0.25) is 5.75 Å². The smallest absolute Gasteiger partial charge is 0.200 e. The molecular formula is C35H50N4O8. The third kappa shape index (κ3) is 11.1. The fourth-order valence-corrected chi connectivity index (χ4v) is 5.71. The van der Waals surface area contributed by atoms with Crippen LogP contribution in [0.5, 0.6) is 28.7 Å². The molecule has 0 spiro atoms. The van der Waals surface area contributed by atoms with Gasteiger partial charge >= 0.3 is 0 Å². The largest absolute Gasteiger partial charge is 0.504 e. The second-order valence-electron chi connectivity index (χ2n) is 12.1. The van der Waals surface area contributed by atoms with Gasteiger partial charge in [-0.2, -0.15) is 0 Å². The van der Waals surface area contributed by atoms with Crippen molar-refractivity contribution in [2.45, 2.75) is 82.8 Å². The molecule has 1 fully saturated rings. The van der Waals surface area contributed by atoms with Crippen LogP contribution in [0.3, 0.4) is 0 Å². The van der Waals surface area contributed by atoms with E-state index in [2.05, 4.69) is 15.6 Å². The van der Waals surface area contributed by atoms with Gasteiger partial charge in [-0.15, -0.1) is 0 Å². The molecule has 2 heterocycles. The minimum Gasteiger partial charge on any atom is -0.504 e. The molecule has 0 radical (unpaired) electrons. The summed E-state index contributed by atoms with van der Waals surface area (Å²) < 4.78 is 23.8. The Morgan fingerprint density at radius 3 is 2.55 bits per heavy atom. The summed E-state index contributed by atoms with van der Waals surface area (Å²) in [6, 6.07) is 12.6. The van der Waals surface area contributed by atoms with Gasteiger partial charge in [-0.05, 0) is 98.7 Å². The molecule has 0 saturated carbocycles. The molecule has 3 aromatic rings. The Morgan fingerprint density at radius 2 is 1.81 bits per heavy atom. The standard InChI is InChI=1S/C35H50N4O8/c1-4-38-26(8-5-24-11-12-39-34(36)14-24)20-45-33-16-25(15-32(44-3)35(33)43)30-18-27(41)17-28(47-30)9-6-23-7-10-29(42)31(13-23)46-21-37-19-22(2)40/h7,10-16,22,26-28,30,37-38,40-43H,4-6,8-9,17-21H2,1-3H3,(H2,36,39). The Hall–Kier alpha value is -3.81. The number of aryl methyl sites for hydroxylation is 2. The number of nitrogens with zero attached hydrogens (tertiary/aromatic N) is 1. The van der Waals surface area contributed by atoms with Gasteiger partial charge in [-0.1, -0.05) is 13.0 Å². The number of nitrogens with two attached hydrogens (primary N) is 1. The minimum atomic E-state index is -0.568. The number of ether oxygens (including phenoxy) is 4. The molecule has 5 unspecified atom stereocenters. The summed E-state index contributed by atoms with van der Waals surface area (Å²) in [6.07, 6.45) is 3.75. The zero-order valence-electron chi connectivity index (χ0n) is 27.5. The van der Waals surface area contributed by atoms with Crippen molar-refractivity contribution in [2.24, 2.45) is 0 Å². The highest BCUT2D eigenvalue weighted by Crippen LogP contribution is 2.42. The number of aromatic nitrogens is 1. The number of anilines is 1. The summed E-state index contributed by atoms with van der Waals surface area (Å²) in [7, 11) is 1.49. The highest BCUT2D eigenvalue weighted by molar-refractivity contribution is 5.53. The van der Waals surface area contributed by atoms with E-state index in [1.54, 1.807) is 37.4 Å². The van der Waals surface area contributed by atoms with E-state index in [4.69, 9.17) is 24.7 Å². The molecular weight excluding hydrogens is 604 g/mol. The van der Waals surface area contributed by atoms with Gasteiger partial charge in [-0.3, -0.25) is 5.32 Å². The van der Waals surface area contributed by atoms with Gasteiger partial charge < -0.3 is 50.4 Å². The van der Waals surface area contributed by atoms with Crippen LogP contribution in [0.2, 0.25) is 0 Å². The van der Waals surface area contributed by atoms with E-state index in [-0.39, 0.29) is 41.9 Å². The Balaban J connectivity index is 1.39. The van der Waals surface area contributed by atoms with Crippen LogP contribution < -0.4 is 30.6 Å². The Bertz CT molecular complexity index is 1410. The molecule has 2 aromatic carbocycles. The topological polar surface area (TPSA) is 181 Å². The lowest BCUT2D eigenvalue weighted by molar-refractivity contribution is -0.0999. The van der Waals surface area contributed by atoms with E-state index in [9.17, 15) is 20.4 Å². The van der Waals surface area contributed by atoms with Crippen LogP contribution in [-0.2, 0) is 17.6 Å². The third-order valence-corrected chi connectivity index (χ3v) is 8.14. The molecule has 1 aliphatic rings. The normalized spacial score (nSPS) is 19.2. The first kappa shape index (κ1) is 36.0. The van der Waals surface area contributed by atoms with Gasteiger partial charge in [0.15, 0.2) is 23.0 Å². The van der Waals surface area contributed by atoms with Crippen molar-refractivity contribution in [3.8, 4) is 28.7 Å². The van der Waals surface area contributed by atoms with Crippen molar-refractivity contribution in [3.05, 3.63) is 65.4 Å². The number of aliphatic hydroxyl groups is 2. The summed E-state index contributed by atoms with van der Waals surface area (Å²) in [5.74, 6) is 1.34. The number of likely N-dealkylation sites (N-methyl/N-ethyl adjacent to an activating group) is 1. The van der Waals surface area contributed by atoms with Crippen LogP contribution in [0.25, 0.3) is 0 Å². The number of benzene rings is 2. The summed E-state index contributed by atoms with van der Waals surface area (Å²) in [4.78, 5) is 4.06. The van der Waals surface area contributed by atoms with Gasteiger partial charge in [-0.25, -0.2) is 4.98 Å². The molecule has 0 aliphatic carbocycles. The van der Waals surface area contributed by atoms with E-state index in [1.165, 1.54) is 7.11 Å². The second-order valence-corrected chi connectivity index (χ2v) is 12.1. The number of nitrogens with one attached hydrogen (secondary N) is 2. The predicted octanol–water partition coefficient (Wildman–Crippen LogP) is 3.59. The second kappa shape index (κ2) is 17.9. The summed E-state index contributed by atoms with van der Waals surface area (Å²) in [5, 5.41) is 47.8. The number of hydrogen-bond donors (Lipinski definition) is 7. The van der Waals surface area contributed by atoms with Crippen molar-refractivity contribution >= 4 is 5.82 Å². The van der Waals surface area contributed by atoms with Gasteiger partial charge in [0.1, 0.15) is 19.2 Å². The van der Waals surface area contributed by atoms with Gasteiger partial charge in [0.25, 0.3) is 0 Å². The fraction of sp³-hybridized carbons (Fsp3) is 0.514. The van der Waals surface area contributed by atoms with E-state index in [1.807, 2.05) is 25.1 Å². The molecule has 0 amide bonds. The number of phenolic OH excluding ortho intramolecular Hbond substituents is 2. The van der Waals surface area contributed by atoms with Crippen molar-refractivity contribution < 1.29 is 39.4 Å². The summed E-state index contributed by atoms with van der Waals surface area (Å²) in [5.41, 5.74) is 8.63. The lowest BCUT2D eigenvalue weighted by Crippen LogP contribution is -2.35. The highest BCUT2D eigenvalue weighted by atomic mass is 16.5. The van der Waals surface area contributed by atoms with Crippen molar-refractivity contribution in [1.29, 1.82) is 0 Å². The van der Waals surface area contributed by atoms with Gasteiger partial charge in [0.05, 0.1) is 31.5 Å². The van der Waals surface area contributed by atoms with Crippen LogP contribution in [0.15, 0.2) is 48.7 Å². The maximum atomic E-state index is 10.9. The fourth-order valence-electron chi connectivity index (χ4n) is 5.71. The maximum Gasteiger partial charge on any atom is 0.200 e. The Labute approximate surface area is 276 Å². The molecule has 12 nitrogen and oxygen atoms in total. The molecule has 1 aromatic heterocycles.